The van der Waals surface area contributed by atoms with Gasteiger partial charge in [0.25, 0.3) is 5.91 Å². The Balaban J connectivity index is 1.57. The van der Waals surface area contributed by atoms with Crippen LogP contribution in [0.1, 0.15) is 23.1 Å². The number of esters is 1. The zero-order valence-electron chi connectivity index (χ0n) is 16.9. The Labute approximate surface area is 188 Å². The molecule has 0 aliphatic carbocycles. The van der Waals surface area contributed by atoms with Gasteiger partial charge in [-0.25, -0.2) is 0 Å². The van der Waals surface area contributed by atoms with E-state index in [1.165, 1.54) is 0 Å². The van der Waals surface area contributed by atoms with Crippen LogP contribution in [-0.4, -0.2) is 30.9 Å². The maximum absolute atomic E-state index is 12.4. The smallest absolute Gasteiger partial charge is 0.311 e. The van der Waals surface area contributed by atoms with Crippen molar-refractivity contribution < 1.29 is 19.1 Å². The lowest BCUT2D eigenvalue weighted by Crippen LogP contribution is -2.28. The van der Waals surface area contributed by atoms with Gasteiger partial charge in [-0.05, 0) is 66.0 Å². The van der Waals surface area contributed by atoms with E-state index in [1.54, 1.807) is 17.0 Å². The zero-order valence-corrected chi connectivity index (χ0v) is 19.3. The van der Waals surface area contributed by atoms with Crippen molar-refractivity contribution >= 4 is 56.7 Å². The van der Waals surface area contributed by atoms with E-state index in [2.05, 4.69) is 21.2 Å². The molecule has 30 heavy (non-hydrogen) atoms. The van der Waals surface area contributed by atoms with Crippen molar-refractivity contribution in [3.8, 4) is 0 Å². The largest absolute Gasteiger partial charge is 0.455 e. The summed E-state index contributed by atoms with van der Waals surface area (Å²) in [6.45, 7) is 5.55. The van der Waals surface area contributed by atoms with Crippen LogP contribution in [0.2, 0.25) is 5.02 Å². The van der Waals surface area contributed by atoms with Gasteiger partial charge in [0, 0.05) is 28.8 Å². The van der Waals surface area contributed by atoms with Gasteiger partial charge in [0.15, 0.2) is 6.61 Å². The topological polar surface area (TPSA) is 75.7 Å². The maximum atomic E-state index is 12.4. The average Bonchev–Trinajstić information content (AvgIpc) is 3.06. The Kier molecular flexibility index (Phi) is 6.83. The number of carbonyl (C=O) groups excluding carboxylic acids is 3. The van der Waals surface area contributed by atoms with Crippen LogP contribution < -0.4 is 10.2 Å². The highest BCUT2D eigenvalue weighted by atomic mass is 79.9. The molecule has 2 amide bonds. The SMILES string of the molecule is Cc1ccc(N2C[C@H](C(=O)OCC(=O)Nc3cc(Cl)c(Br)cc3C)CC2=O)c(C)c1. The molecule has 2 aromatic carbocycles. The molecule has 1 aliphatic rings. The number of halogens is 2. The molecular formula is C22H22BrClN2O4. The van der Waals surface area contributed by atoms with Crippen molar-refractivity contribution in [2.75, 3.05) is 23.4 Å². The third-order valence-corrected chi connectivity index (χ3v) is 6.19. The standard InChI is InChI=1S/C22H22BrClN2O4/c1-12-4-5-19(14(3)6-12)26-10-15(8-21(26)28)22(29)30-11-20(27)25-18-9-17(24)16(23)7-13(18)2/h4-7,9,15H,8,10-11H2,1-3H3,(H,25,27)/t15-/m1/s1. The molecule has 1 N–H and O–H groups in total. The first-order valence-corrected chi connectivity index (χ1v) is 10.6. The second-order valence-corrected chi connectivity index (χ2v) is 8.69. The van der Waals surface area contributed by atoms with E-state index in [4.69, 9.17) is 16.3 Å². The minimum absolute atomic E-state index is 0.0647. The van der Waals surface area contributed by atoms with E-state index in [-0.39, 0.29) is 18.9 Å². The summed E-state index contributed by atoms with van der Waals surface area (Å²) in [5.74, 6) is -1.76. The number of anilines is 2. The van der Waals surface area contributed by atoms with E-state index in [9.17, 15) is 14.4 Å². The Morgan fingerprint density at radius 1 is 1.20 bits per heavy atom. The van der Waals surface area contributed by atoms with Crippen molar-refractivity contribution in [2.24, 2.45) is 5.92 Å². The van der Waals surface area contributed by atoms with Gasteiger partial charge in [-0.2, -0.15) is 0 Å². The third-order valence-electron chi connectivity index (χ3n) is 4.99. The highest BCUT2D eigenvalue weighted by Gasteiger charge is 2.36. The lowest BCUT2D eigenvalue weighted by atomic mass is 10.1. The Morgan fingerprint density at radius 3 is 2.63 bits per heavy atom. The number of carbonyl (C=O) groups is 3. The summed E-state index contributed by atoms with van der Waals surface area (Å²) in [6.07, 6.45) is 0.0647. The first-order valence-electron chi connectivity index (χ1n) is 9.45. The van der Waals surface area contributed by atoms with Gasteiger partial charge in [0.1, 0.15) is 0 Å². The number of hydrogen-bond acceptors (Lipinski definition) is 4. The van der Waals surface area contributed by atoms with Crippen LogP contribution in [0.25, 0.3) is 0 Å². The van der Waals surface area contributed by atoms with Crippen molar-refractivity contribution in [1.82, 2.24) is 0 Å². The zero-order chi connectivity index (χ0) is 22.0. The fourth-order valence-corrected chi connectivity index (χ4v) is 4.05. The van der Waals surface area contributed by atoms with Crippen molar-refractivity contribution in [2.45, 2.75) is 27.2 Å². The molecule has 3 rings (SSSR count). The Hall–Kier alpha value is -2.38. The fourth-order valence-electron chi connectivity index (χ4n) is 3.43. The number of amides is 2. The van der Waals surface area contributed by atoms with E-state index in [0.29, 0.717) is 10.7 Å². The summed E-state index contributed by atoms with van der Waals surface area (Å²) in [4.78, 5) is 38.6. The molecule has 0 radical (unpaired) electrons. The molecule has 8 heteroatoms. The van der Waals surface area contributed by atoms with Crippen LogP contribution in [0.15, 0.2) is 34.8 Å². The quantitative estimate of drug-likeness (QED) is 0.620. The molecule has 1 aliphatic heterocycles. The van der Waals surface area contributed by atoms with Gasteiger partial charge in [-0.3, -0.25) is 14.4 Å². The fraction of sp³-hybridized carbons (Fsp3) is 0.318. The van der Waals surface area contributed by atoms with Gasteiger partial charge in [0.05, 0.1) is 10.9 Å². The van der Waals surface area contributed by atoms with Crippen molar-refractivity contribution in [1.29, 1.82) is 0 Å². The molecule has 0 saturated carbocycles. The van der Waals surface area contributed by atoms with Gasteiger partial charge < -0.3 is 15.0 Å². The molecule has 2 aromatic rings. The van der Waals surface area contributed by atoms with Crippen LogP contribution in [0.3, 0.4) is 0 Å². The molecule has 158 valence electrons. The number of hydrogen-bond donors (Lipinski definition) is 1. The number of benzene rings is 2. The predicted molar refractivity (Wildman–Crippen MR) is 120 cm³/mol. The second-order valence-electron chi connectivity index (χ2n) is 7.43. The summed E-state index contributed by atoms with van der Waals surface area (Å²) in [6, 6.07) is 9.22. The van der Waals surface area contributed by atoms with Gasteiger partial charge in [-0.1, -0.05) is 29.3 Å². The monoisotopic (exact) mass is 492 g/mol. The van der Waals surface area contributed by atoms with E-state index >= 15 is 0 Å². The molecule has 0 bridgehead atoms. The van der Waals surface area contributed by atoms with E-state index in [1.807, 2.05) is 39.0 Å². The maximum Gasteiger partial charge on any atom is 0.311 e. The Bertz CT molecular complexity index is 1020. The van der Waals surface area contributed by atoms with Gasteiger partial charge >= 0.3 is 5.97 Å². The van der Waals surface area contributed by atoms with Crippen LogP contribution in [-0.2, 0) is 19.1 Å². The van der Waals surface area contributed by atoms with Crippen LogP contribution in [0.4, 0.5) is 11.4 Å². The third kappa shape index (κ3) is 5.02. The highest BCUT2D eigenvalue weighted by molar-refractivity contribution is 9.10. The molecule has 1 saturated heterocycles. The first-order chi connectivity index (χ1) is 14.2. The summed E-state index contributed by atoms with van der Waals surface area (Å²) < 4.78 is 5.89. The normalized spacial score (nSPS) is 16.0. The highest BCUT2D eigenvalue weighted by Crippen LogP contribution is 2.30. The van der Waals surface area contributed by atoms with E-state index in [0.717, 1.165) is 26.9 Å². The molecule has 1 atom stereocenters. The molecule has 0 unspecified atom stereocenters. The lowest BCUT2D eigenvalue weighted by molar-refractivity contribution is -0.151. The lowest BCUT2D eigenvalue weighted by Gasteiger charge is -2.19. The summed E-state index contributed by atoms with van der Waals surface area (Å²) in [7, 11) is 0. The van der Waals surface area contributed by atoms with Crippen molar-refractivity contribution in [3.63, 3.8) is 0 Å². The van der Waals surface area contributed by atoms with Crippen LogP contribution in [0.5, 0.6) is 0 Å². The minimum atomic E-state index is -0.602. The number of aryl methyl sites for hydroxylation is 3. The van der Waals surface area contributed by atoms with Crippen LogP contribution in [0, 0.1) is 26.7 Å². The molecular weight excluding hydrogens is 472 g/mol. The van der Waals surface area contributed by atoms with Gasteiger partial charge in [-0.15, -0.1) is 0 Å². The molecule has 0 aromatic heterocycles. The summed E-state index contributed by atoms with van der Waals surface area (Å²) in [5.41, 5.74) is 4.23. The molecule has 1 fully saturated rings. The minimum Gasteiger partial charge on any atom is -0.455 e. The predicted octanol–water partition coefficient (Wildman–Crippen LogP) is 4.56. The number of nitrogens with one attached hydrogen (secondary N) is 1. The first kappa shape index (κ1) is 22.3. The average molecular weight is 494 g/mol. The number of rotatable bonds is 5. The number of nitrogens with zero attached hydrogens (tertiary/aromatic N) is 1. The number of ether oxygens (including phenoxy) is 1. The van der Waals surface area contributed by atoms with E-state index < -0.39 is 24.4 Å². The molecule has 6 nitrogen and oxygen atoms in total. The molecule has 0 spiro atoms. The van der Waals surface area contributed by atoms with Crippen LogP contribution >= 0.6 is 27.5 Å². The summed E-state index contributed by atoms with van der Waals surface area (Å²) in [5, 5.41) is 3.14. The van der Waals surface area contributed by atoms with Gasteiger partial charge in [0.2, 0.25) is 5.91 Å². The summed E-state index contributed by atoms with van der Waals surface area (Å²) >= 11 is 9.38. The van der Waals surface area contributed by atoms with Crippen molar-refractivity contribution in [3.05, 3.63) is 56.5 Å². The second kappa shape index (κ2) is 9.18. The molecule has 1 heterocycles. The Morgan fingerprint density at radius 2 is 1.93 bits per heavy atom.